The lowest BCUT2D eigenvalue weighted by atomic mass is 10.2. The molecule has 3 N–H and O–H groups in total. The third-order valence-corrected chi connectivity index (χ3v) is 4.94. The van der Waals surface area contributed by atoms with E-state index in [1.165, 1.54) is 11.4 Å². The minimum absolute atomic E-state index is 0.174. The summed E-state index contributed by atoms with van der Waals surface area (Å²) in [5.74, 6) is -0.250. The Balaban J connectivity index is 1.86. The number of benzene rings is 1. The zero-order valence-corrected chi connectivity index (χ0v) is 14.9. The number of nitrogens with zero attached hydrogens (tertiary/aromatic N) is 1. The Kier molecular flexibility index (Phi) is 6.34. The van der Waals surface area contributed by atoms with E-state index < -0.39 is 22.2 Å². The van der Waals surface area contributed by atoms with Crippen LogP contribution < -0.4 is 16.0 Å². The molecule has 1 fully saturated rings. The number of rotatable bonds is 5. The van der Waals surface area contributed by atoms with E-state index in [4.69, 9.17) is 4.74 Å². The first-order valence-corrected chi connectivity index (χ1v) is 9.58. The van der Waals surface area contributed by atoms with Crippen molar-refractivity contribution >= 4 is 27.6 Å². The predicted octanol–water partition coefficient (Wildman–Crippen LogP) is -0.172. The van der Waals surface area contributed by atoms with Gasteiger partial charge in [0.1, 0.15) is 0 Å². The second-order valence-corrected chi connectivity index (χ2v) is 7.59. The summed E-state index contributed by atoms with van der Waals surface area (Å²) in [6.45, 7) is 0.973. The molecule has 1 aliphatic rings. The van der Waals surface area contributed by atoms with Gasteiger partial charge in [0.05, 0.1) is 19.0 Å². The molecule has 10 heteroatoms. The van der Waals surface area contributed by atoms with Crippen molar-refractivity contribution in [3.05, 3.63) is 29.8 Å². The molecular weight excluding hydrogens is 348 g/mol. The molecule has 0 aliphatic carbocycles. The number of hydrogen-bond donors (Lipinski definition) is 3. The molecule has 3 amide bonds. The third kappa shape index (κ3) is 5.69. The minimum Gasteiger partial charge on any atom is -0.374 e. The summed E-state index contributed by atoms with van der Waals surface area (Å²) in [6.07, 6.45) is 0.737. The molecule has 0 unspecified atom stereocenters. The summed E-state index contributed by atoms with van der Waals surface area (Å²) in [5.41, 5.74) is 0.903. The van der Waals surface area contributed by atoms with Gasteiger partial charge in [-0.15, -0.1) is 0 Å². The molecule has 1 saturated heterocycles. The van der Waals surface area contributed by atoms with Crippen LogP contribution in [0.2, 0.25) is 0 Å². The first kappa shape index (κ1) is 19.2. The van der Waals surface area contributed by atoms with E-state index in [0.29, 0.717) is 17.8 Å². The fourth-order valence-electron chi connectivity index (χ4n) is 2.38. The van der Waals surface area contributed by atoms with E-state index in [1.54, 1.807) is 24.3 Å². The normalized spacial score (nSPS) is 18.4. The number of hydrogen-bond acceptors (Lipinski definition) is 5. The summed E-state index contributed by atoms with van der Waals surface area (Å²) in [6, 6.07) is 6.05. The van der Waals surface area contributed by atoms with E-state index in [1.807, 2.05) is 0 Å². The number of ether oxygens (including phenoxy) is 1. The number of carbonyl (C=O) groups excluding carboxylic acids is 2. The fraction of sp³-hybridized carbons (Fsp3) is 0.467. The molecule has 25 heavy (non-hydrogen) atoms. The Labute approximate surface area is 146 Å². The molecule has 1 aromatic carbocycles. The standard InChI is InChI=1S/C15H22N4O5S/c1-16-14(20)11-4-3-5-12(8-11)18-15(21)17-9-13-10-19(6-7-24-13)25(2,22)23/h3-5,8,13H,6-7,9-10H2,1-2H3,(H,16,20)(H2,17,18,21)/t13-/m1/s1. The lowest BCUT2D eigenvalue weighted by Gasteiger charge is -2.31. The van der Waals surface area contributed by atoms with E-state index in [-0.39, 0.29) is 25.6 Å². The van der Waals surface area contributed by atoms with Crippen molar-refractivity contribution in [2.75, 3.05) is 44.9 Å². The Morgan fingerprint density at radius 3 is 2.80 bits per heavy atom. The molecule has 0 spiro atoms. The topological polar surface area (TPSA) is 117 Å². The zero-order valence-electron chi connectivity index (χ0n) is 14.1. The quantitative estimate of drug-likeness (QED) is 0.665. The number of urea groups is 1. The maximum Gasteiger partial charge on any atom is 0.319 e. The second kappa shape index (κ2) is 8.28. The molecule has 0 bridgehead atoms. The summed E-state index contributed by atoms with van der Waals surface area (Å²) < 4.78 is 29.9. The van der Waals surface area contributed by atoms with Gasteiger partial charge in [-0.2, -0.15) is 4.31 Å². The highest BCUT2D eigenvalue weighted by Crippen LogP contribution is 2.11. The Morgan fingerprint density at radius 1 is 1.36 bits per heavy atom. The highest BCUT2D eigenvalue weighted by Gasteiger charge is 2.26. The van der Waals surface area contributed by atoms with Crippen molar-refractivity contribution in [1.29, 1.82) is 0 Å². The van der Waals surface area contributed by atoms with Crippen molar-refractivity contribution in [3.63, 3.8) is 0 Å². The van der Waals surface area contributed by atoms with E-state index in [0.717, 1.165) is 6.26 Å². The highest BCUT2D eigenvalue weighted by atomic mass is 32.2. The number of sulfonamides is 1. The van der Waals surface area contributed by atoms with Crippen LogP contribution in [0.5, 0.6) is 0 Å². The molecule has 1 atom stereocenters. The lowest BCUT2D eigenvalue weighted by Crippen LogP contribution is -2.49. The maximum atomic E-state index is 12.0. The van der Waals surface area contributed by atoms with Gasteiger partial charge in [0.25, 0.3) is 5.91 Å². The van der Waals surface area contributed by atoms with Crippen LogP contribution in [0.4, 0.5) is 10.5 Å². The van der Waals surface area contributed by atoms with Crippen LogP contribution in [0.15, 0.2) is 24.3 Å². The van der Waals surface area contributed by atoms with E-state index in [2.05, 4.69) is 16.0 Å². The van der Waals surface area contributed by atoms with Gasteiger partial charge in [-0.1, -0.05) is 6.07 Å². The molecule has 9 nitrogen and oxygen atoms in total. The lowest BCUT2D eigenvalue weighted by molar-refractivity contribution is 0.00167. The Morgan fingerprint density at radius 2 is 2.12 bits per heavy atom. The van der Waals surface area contributed by atoms with Gasteiger partial charge >= 0.3 is 6.03 Å². The minimum atomic E-state index is -3.27. The van der Waals surface area contributed by atoms with Gasteiger partial charge in [0, 0.05) is 37.9 Å². The van der Waals surface area contributed by atoms with Crippen LogP contribution in [-0.4, -0.2) is 70.3 Å². The SMILES string of the molecule is CNC(=O)c1cccc(NC(=O)NC[C@@H]2CN(S(C)(=O)=O)CCO2)c1. The highest BCUT2D eigenvalue weighted by molar-refractivity contribution is 7.88. The molecule has 138 valence electrons. The van der Waals surface area contributed by atoms with Gasteiger partial charge in [-0.3, -0.25) is 4.79 Å². The van der Waals surface area contributed by atoms with E-state index >= 15 is 0 Å². The monoisotopic (exact) mass is 370 g/mol. The average Bonchev–Trinajstić information content (AvgIpc) is 2.59. The zero-order chi connectivity index (χ0) is 18.4. The van der Waals surface area contributed by atoms with Gasteiger partial charge in [-0.25, -0.2) is 13.2 Å². The fourth-order valence-corrected chi connectivity index (χ4v) is 3.22. The first-order chi connectivity index (χ1) is 11.8. The summed E-state index contributed by atoms with van der Waals surface area (Å²) in [4.78, 5) is 23.6. The van der Waals surface area contributed by atoms with Crippen molar-refractivity contribution in [2.24, 2.45) is 0 Å². The van der Waals surface area contributed by atoms with Crippen molar-refractivity contribution in [3.8, 4) is 0 Å². The van der Waals surface area contributed by atoms with Crippen LogP contribution in [0.1, 0.15) is 10.4 Å². The van der Waals surface area contributed by atoms with Crippen LogP contribution in [0.3, 0.4) is 0 Å². The summed E-state index contributed by atoms with van der Waals surface area (Å²) >= 11 is 0. The van der Waals surface area contributed by atoms with Gasteiger partial charge in [-0.05, 0) is 18.2 Å². The summed E-state index contributed by atoms with van der Waals surface area (Å²) in [5, 5.41) is 7.77. The van der Waals surface area contributed by atoms with Crippen LogP contribution in [-0.2, 0) is 14.8 Å². The van der Waals surface area contributed by atoms with Crippen molar-refractivity contribution in [1.82, 2.24) is 14.9 Å². The molecule has 0 aromatic heterocycles. The van der Waals surface area contributed by atoms with Crippen LogP contribution in [0.25, 0.3) is 0 Å². The largest absolute Gasteiger partial charge is 0.374 e. The molecule has 0 radical (unpaired) electrons. The van der Waals surface area contributed by atoms with Gasteiger partial charge < -0.3 is 20.7 Å². The number of anilines is 1. The second-order valence-electron chi connectivity index (χ2n) is 5.61. The summed E-state index contributed by atoms with van der Waals surface area (Å²) in [7, 11) is -1.75. The first-order valence-electron chi connectivity index (χ1n) is 7.73. The van der Waals surface area contributed by atoms with Gasteiger partial charge in [0.2, 0.25) is 10.0 Å². The smallest absolute Gasteiger partial charge is 0.319 e. The predicted molar refractivity (Wildman–Crippen MR) is 93.0 cm³/mol. The Hall–Kier alpha value is -2.17. The van der Waals surface area contributed by atoms with E-state index in [9.17, 15) is 18.0 Å². The Bertz CT molecular complexity index is 737. The average molecular weight is 370 g/mol. The number of morpholine rings is 1. The molecule has 1 aromatic rings. The third-order valence-electron chi connectivity index (χ3n) is 3.67. The van der Waals surface area contributed by atoms with Crippen LogP contribution in [0, 0.1) is 0 Å². The van der Waals surface area contributed by atoms with Crippen molar-refractivity contribution < 1.29 is 22.7 Å². The molecule has 0 saturated carbocycles. The number of nitrogens with one attached hydrogen (secondary N) is 3. The number of amides is 3. The molecule has 2 rings (SSSR count). The molecule has 1 heterocycles. The van der Waals surface area contributed by atoms with Crippen molar-refractivity contribution in [2.45, 2.75) is 6.10 Å². The van der Waals surface area contributed by atoms with Crippen LogP contribution >= 0.6 is 0 Å². The maximum absolute atomic E-state index is 12.0. The number of carbonyl (C=O) groups is 2. The molecule has 1 aliphatic heterocycles. The van der Waals surface area contributed by atoms with Gasteiger partial charge in [0.15, 0.2) is 0 Å². The molecular formula is C15H22N4O5S.